The zero-order valence-electron chi connectivity index (χ0n) is 11.6. The van der Waals surface area contributed by atoms with Crippen molar-refractivity contribution in [2.75, 3.05) is 17.6 Å². The molecule has 7 nitrogen and oxygen atoms in total. The summed E-state index contributed by atoms with van der Waals surface area (Å²) < 4.78 is 1.77. The molecule has 20 heavy (non-hydrogen) atoms. The molecule has 3 heterocycles. The van der Waals surface area contributed by atoms with Crippen LogP contribution in [0.2, 0.25) is 0 Å². The van der Waals surface area contributed by atoms with Crippen molar-refractivity contribution in [1.29, 1.82) is 0 Å². The average molecular weight is 273 g/mol. The molecule has 0 saturated carbocycles. The molecule has 1 atom stereocenters. The standard InChI is InChI=1S/C13H19N7/c1-3-4-17-13(2)7-10(11-15-5-6-16-11)20-12(19-13)9(14)8-18-20/h5-8,17,19H,3-4,14H2,1-2H3,(H,15,16). The van der Waals surface area contributed by atoms with Crippen LogP contribution < -0.4 is 16.4 Å². The number of anilines is 2. The number of nitrogens with one attached hydrogen (secondary N) is 3. The molecule has 0 saturated heterocycles. The topological polar surface area (TPSA) is 96.6 Å². The molecule has 2 aromatic rings. The van der Waals surface area contributed by atoms with Crippen LogP contribution in [0, 0.1) is 0 Å². The van der Waals surface area contributed by atoms with Crippen LogP contribution in [0.4, 0.5) is 11.5 Å². The summed E-state index contributed by atoms with van der Waals surface area (Å²) in [5, 5.41) is 11.2. The van der Waals surface area contributed by atoms with Crippen molar-refractivity contribution in [3.05, 3.63) is 30.5 Å². The number of nitrogen functional groups attached to an aromatic ring is 1. The van der Waals surface area contributed by atoms with Gasteiger partial charge in [-0.25, -0.2) is 9.67 Å². The molecule has 2 aromatic heterocycles. The lowest BCUT2D eigenvalue weighted by Gasteiger charge is -2.34. The van der Waals surface area contributed by atoms with E-state index in [0.29, 0.717) is 5.69 Å². The summed E-state index contributed by atoms with van der Waals surface area (Å²) in [6.07, 6.45) is 8.28. The number of hydrogen-bond acceptors (Lipinski definition) is 5. The fourth-order valence-electron chi connectivity index (χ4n) is 2.34. The van der Waals surface area contributed by atoms with E-state index in [2.05, 4.69) is 45.6 Å². The molecule has 106 valence electrons. The predicted molar refractivity (Wildman–Crippen MR) is 78.9 cm³/mol. The molecule has 0 spiro atoms. The molecule has 1 aliphatic heterocycles. The maximum atomic E-state index is 6.00. The first-order valence-electron chi connectivity index (χ1n) is 6.72. The van der Waals surface area contributed by atoms with E-state index in [1.54, 1.807) is 23.3 Å². The number of aromatic nitrogens is 4. The SMILES string of the molecule is CCCNC1(C)C=C(c2ncc[nH]2)n2ncc(N)c2N1. The smallest absolute Gasteiger partial charge is 0.155 e. The summed E-state index contributed by atoms with van der Waals surface area (Å²) >= 11 is 0. The summed E-state index contributed by atoms with van der Waals surface area (Å²) in [6, 6.07) is 0. The van der Waals surface area contributed by atoms with Gasteiger partial charge < -0.3 is 16.0 Å². The Bertz CT molecular complexity index is 625. The quantitative estimate of drug-likeness (QED) is 0.671. The van der Waals surface area contributed by atoms with Gasteiger partial charge in [0.25, 0.3) is 0 Å². The van der Waals surface area contributed by atoms with Gasteiger partial charge in [-0.3, -0.25) is 5.32 Å². The largest absolute Gasteiger partial charge is 0.394 e. The Balaban J connectivity index is 2.07. The van der Waals surface area contributed by atoms with Crippen LogP contribution in [0.3, 0.4) is 0 Å². The highest BCUT2D eigenvalue weighted by molar-refractivity contribution is 5.76. The molecule has 0 aromatic carbocycles. The summed E-state index contributed by atoms with van der Waals surface area (Å²) in [4.78, 5) is 7.43. The minimum absolute atomic E-state index is 0.387. The Labute approximate surface area is 117 Å². The second kappa shape index (κ2) is 4.68. The molecule has 1 unspecified atom stereocenters. The van der Waals surface area contributed by atoms with Crippen LogP contribution in [0.25, 0.3) is 5.70 Å². The Kier molecular flexibility index (Phi) is 2.98. The van der Waals surface area contributed by atoms with Gasteiger partial charge in [0.2, 0.25) is 0 Å². The van der Waals surface area contributed by atoms with Gasteiger partial charge in [0.15, 0.2) is 11.6 Å². The average Bonchev–Trinajstić information content (AvgIpc) is 3.07. The fraction of sp³-hybridized carbons (Fsp3) is 0.385. The van der Waals surface area contributed by atoms with Crippen molar-refractivity contribution < 1.29 is 0 Å². The van der Waals surface area contributed by atoms with E-state index in [1.165, 1.54) is 0 Å². The molecule has 0 radical (unpaired) electrons. The Hall–Kier alpha value is -2.28. The normalized spacial score (nSPS) is 21.2. The van der Waals surface area contributed by atoms with E-state index in [1.807, 2.05) is 0 Å². The van der Waals surface area contributed by atoms with Crippen molar-refractivity contribution in [2.45, 2.75) is 25.9 Å². The van der Waals surface area contributed by atoms with Gasteiger partial charge in [-0.1, -0.05) is 6.92 Å². The molecule has 0 aliphatic carbocycles. The monoisotopic (exact) mass is 273 g/mol. The maximum absolute atomic E-state index is 6.00. The zero-order chi connectivity index (χ0) is 14.2. The molecule has 0 bridgehead atoms. The first-order valence-corrected chi connectivity index (χ1v) is 6.72. The lowest BCUT2D eigenvalue weighted by atomic mass is 10.1. The third-order valence-electron chi connectivity index (χ3n) is 3.31. The van der Waals surface area contributed by atoms with Crippen molar-refractivity contribution in [2.24, 2.45) is 0 Å². The Morgan fingerprint density at radius 3 is 3.05 bits per heavy atom. The Morgan fingerprint density at radius 1 is 1.50 bits per heavy atom. The molecule has 0 amide bonds. The predicted octanol–water partition coefficient (Wildman–Crippen LogP) is 1.22. The third kappa shape index (κ3) is 2.05. The van der Waals surface area contributed by atoms with Crippen molar-refractivity contribution >= 4 is 17.2 Å². The van der Waals surface area contributed by atoms with Gasteiger partial charge in [-0.15, -0.1) is 0 Å². The summed E-state index contributed by atoms with van der Waals surface area (Å²) in [7, 11) is 0. The van der Waals surface area contributed by atoms with Crippen LogP contribution in [-0.4, -0.2) is 32.0 Å². The molecular formula is C13H19N7. The number of imidazole rings is 1. The van der Waals surface area contributed by atoms with Gasteiger partial charge >= 0.3 is 0 Å². The highest BCUT2D eigenvalue weighted by atomic mass is 15.4. The second-order valence-corrected chi connectivity index (χ2v) is 5.08. The summed E-state index contributed by atoms with van der Waals surface area (Å²) in [6.45, 7) is 5.11. The molecule has 5 N–H and O–H groups in total. The minimum Gasteiger partial charge on any atom is -0.394 e. The van der Waals surface area contributed by atoms with Crippen LogP contribution in [-0.2, 0) is 0 Å². The number of hydrogen-bond donors (Lipinski definition) is 4. The van der Waals surface area contributed by atoms with Crippen LogP contribution in [0.1, 0.15) is 26.1 Å². The van der Waals surface area contributed by atoms with E-state index < -0.39 is 0 Å². The van der Waals surface area contributed by atoms with Crippen molar-refractivity contribution in [3.8, 4) is 0 Å². The molecule has 1 aliphatic rings. The van der Waals surface area contributed by atoms with Gasteiger partial charge in [-0.2, -0.15) is 5.10 Å². The molecule has 3 rings (SSSR count). The van der Waals surface area contributed by atoms with Crippen LogP contribution in [0.5, 0.6) is 0 Å². The minimum atomic E-state index is -0.387. The number of H-pyrrole nitrogens is 1. The van der Waals surface area contributed by atoms with Gasteiger partial charge in [-0.05, 0) is 26.0 Å². The second-order valence-electron chi connectivity index (χ2n) is 5.08. The van der Waals surface area contributed by atoms with Gasteiger partial charge in [0, 0.05) is 12.4 Å². The van der Waals surface area contributed by atoms with Crippen molar-refractivity contribution in [1.82, 2.24) is 25.1 Å². The van der Waals surface area contributed by atoms with Gasteiger partial charge in [0.1, 0.15) is 11.4 Å². The Morgan fingerprint density at radius 2 is 2.35 bits per heavy atom. The lowest BCUT2D eigenvalue weighted by Crippen LogP contribution is -2.50. The van der Waals surface area contributed by atoms with Crippen molar-refractivity contribution in [3.63, 3.8) is 0 Å². The van der Waals surface area contributed by atoms with E-state index >= 15 is 0 Å². The van der Waals surface area contributed by atoms with Crippen LogP contribution >= 0.6 is 0 Å². The van der Waals surface area contributed by atoms with Crippen LogP contribution in [0.15, 0.2) is 24.7 Å². The molecular weight excluding hydrogens is 254 g/mol. The highest BCUT2D eigenvalue weighted by Gasteiger charge is 2.31. The first-order chi connectivity index (χ1) is 9.63. The summed E-state index contributed by atoms with van der Waals surface area (Å²) in [5.41, 5.74) is 7.11. The van der Waals surface area contributed by atoms with E-state index in [0.717, 1.165) is 30.3 Å². The molecule has 7 heteroatoms. The summed E-state index contributed by atoms with van der Waals surface area (Å²) in [5.74, 6) is 1.55. The van der Waals surface area contributed by atoms with E-state index in [-0.39, 0.29) is 5.66 Å². The van der Waals surface area contributed by atoms with Gasteiger partial charge in [0.05, 0.1) is 11.9 Å². The zero-order valence-corrected chi connectivity index (χ0v) is 11.6. The molecule has 0 fully saturated rings. The number of nitrogens with zero attached hydrogens (tertiary/aromatic N) is 3. The van der Waals surface area contributed by atoms with E-state index in [4.69, 9.17) is 5.73 Å². The number of nitrogens with two attached hydrogens (primary N) is 1. The highest BCUT2D eigenvalue weighted by Crippen LogP contribution is 2.32. The fourth-order valence-corrected chi connectivity index (χ4v) is 2.34. The number of rotatable bonds is 4. The lowest BCUT2D eigenvalue weighted by molar-refractivity contribution is 0.477. The number of fused-ring (bicyclic) bond motifs is 1. The maximum Gasteiger partial charge on any atom is 0.155 e. The number of aromatic amines is 1. The third-order valence-corrected chi connectivity index (χ3v) is 3.31. The first kappa shape index (κ1) is 12.7. The van der Waals surface area contributed by atoms with E-state index in [9.17, 15) is 0 Å².